The zero-order valence-corrected chi connectivity index (χ0v) is 14.9. The van der Waals surface area contributed by atoms with Crippen LogP contribution >= 0.6 is 0 Å². The van der Waals surface area contributed by atoms with Gasteiger partial charge in [-0.25, -0.2) is 4.68 Å². The molecule has 2 heterocycles. The molecule has 1 saturated carbocycles. The van der Waals surface area contributed by atoms with E-state index >= 15 is 0 Å². The maximum absolute atomic E-state index is 12.8. The number of amides is 2. The Hall–Kier alpha value is -2.00. The largest absolute Gasteiger partial charge is 0.395 e. The third-order valence-corrected chi connectivity index (χ3v) is 5.27. The zero-order chi connectivity index (χ0) is 18.5. The molecule has 9 heteroatoms. The Bertz CT molecular complexity index is 626. The fourth-order valence-corrected chi connectivity index (χ4v) is 3.77. The van der Waals surface area contributed by atoms with Gasteiger partial charge in [0.15, 0.2) is 5.69 Å². The van der Waals surface area contributed by atoms with Gasteiger partial charge in [0, 0.05) is 25.6 Å². The van der Waals surface area contributed by atoms with Crippen LogP contribution in [0.15, 0.2) is 6.20 Å². The summed E-state index contributed by atoms with van der Waals surface area (Å²) in [5.41, 5.74) is 0.211. The van der Waals surface area contributed by atoms with Gasteiger partial charge in [-0.2, -0.15) is 0 Å². The lowest BCUT2D eigenvalue weighted by Crippen LogP contribution is -2.44. The lowest BCUT2D eigenvalue weighted by molar-refractivity contribution is -0.139. The summed E-state index contributed by atoms with van der Waals surface area (Å²) in [5.74, 6) is -0.190. The Morgan fingerprint density at radius 1 is 1.23 bits per heavy atom. The van der Waals surface area contributed by atoms with Crippen molar-refractivity contribution >= 4 is 11.8 Å². The number of likely N-dealkylation sites (tertiary alicyclic amines) is 1. The van der Waals surface area contributed by atoms with E-state index in [0.717, 1.165) is 32.2 Å². The molecule has 3 N–H and O–H groups in total. The second kappa shape index (κ2) is 8.59. The molecule has 0 spiro atoms. The first-order valence-corrected chi connectivity index (χ1v) is 9.36. The van der Waals surface area contributed by atoms with Crippen LogP contribution in [0, 0.1) is 5.92 Å². The minimum Gasteiger partial charge on any atom is -0.395 e. The highest BCUT2D eigenvalue weighted by molar-refractivity contribution is 5.91. The molecule has 1 aromatic heterocycles. The van der Waals surface area contributed by atoms with Crippen molar-refractivity contribution in [3.05, 3.63) is 11.9 Å². The molecule has 9 nitrogen and oxygen atoms in total. The molecule has 0 aromatic carbocycles. The van der Waals surface area contributed by atoms with E-state index < -0.39 is 0 Å². The molecular formula is C17H27N5O4. The van der Waals surface area contributed by atoms with Crippen LogP contribution in [0.5, 0.6) is 0 Å². The van der Waals surface area contributed by atoms with Crippen LogP contribution in [0.25, 0.3) is 0 Å². The number of rotatable bonds is 5. The lowest BCUT2D eigenvalue weighted by Gasteiger charge is -2.36. The average molecular weight is 365 g/mol. The maximum atomic E-state index is 12.8. The van der Waals surface area contributed by atoms with Gasteiger partial charge in [0.1, 0.15) is 0 Å². The Morgan fingerprint density at radius 2 is 2.00 bits per heavy atom. The Morgan fingerprint density at radius 3 is 2.73 bits per heavy atom. The van der Waals surface area contributed by atoms with Gasteiger partial charge in [0.2, 0.25) is 5.91 Å². The Kier molecular flexibility index (Phi) is 6.20. The van der Waals surface area contributed by atoms with Gasteiger partial charge in [-0.15, -0.1) is 5.10 Å². The van der Waals surface area contributed by atoms with Crippen LogP contribution < -0.4 is 5.32 Å². The predicted molar refractivity (Wildman–Crippen MR) is 92.3 cm³/mol. The van der Waals surface area contributed by atoms with E-state index in [1.165, 1.54) is 0 Å². The number of aromatic nitrogens is 3. The normalized spacial score (nSPS) is 26.5. The molecule has 0 bridgehead atoms. The number of nitrogens with zero attached hydrogens (tertiary/aromatic N) is 4. The van der Waals surface area contributed by atoms with Crippen molar-refractivity contribution in [3.63, 3.8) is 0 Å². The maximum Gasteiger partial charge on any atom is 0.273 e. The topological polar surface area (TPSA) is 121 Å². The van der Waals surface area contributed by atoms with E-state index in [-0.39, 0.29) is 48.7 Å². The van der Waals surface area contributed by atoms with Crippen LogP contribution in [-0.2, 0) is 4.79 Å². The molecule has 2 aliphatic rings. The molecule has 26 heavy (non-hydrogen) atoms. The van der Waals surface area contributed by atoms with Crippen LogP contribution in [0.3, 0.4) is 0 Å². The van der Waals surface area contributed by atoms with E-state index in [4.69, 9.17) is 5.11 Å². The molecule has 0 unspecified atom stereocenters. The summed E-state index contributed by atoms with van der Waals surface area (Å²) in [5, 5.41) is 28.9. The van der Waals surface area contributed by atoms with E-state index in [1.807, 2.05) is 4.90 Å². The highest BCUT2D eigenvalue weighted by atomic mass is 16.3. The van der Waals surface area contributed by atoms with E-state index in [9.17, 15) is 14.7 Å². The predicted octanol–water partition coefficient (Wildman–Crippen LogP) is -0.285. The van der Waals surface area contributed by atoms with Gasteiger partial charge >= 0.3 is 0 Å². The highest BCUT2D eigenvalue weighted by Gasteiger charge is 2.32. The smallest absolute Gasteiger partial charge is 0.273 e. The highest BCUT2D eigenvalue weighted by Crippen LogP contribution is 2.28. The number of aliphatic hydroxyl groups is 2. The van der Waals surface area contributed by atoms with Gasteiger partial charge < -0.3 is 20.4 Å². The molecule has 2 amide bonds. The minimum absolute atomic E-state index is 0.00715. The molecule has 1 aliphatic heterocycles. The van der Waals surface area contributed by atoms with Gasteiger partial charge in [-0.3, -0.25) is 9.59 Å². The molecule has 1 aromatic rings. The van der Waals surface area contributed by atoms with E-state index in [1.54, 1.807) is 10.9 Å². The Balaban J connectivity index is 1.59. The first kappa shape index (κ1) is 18.8. The zero-order valence-electron chi connectivity index (χ0n) is 14.9. The van der Waals surface area contributed by atoms with Gasteiger partial charge in [0.25, 0.3) is 5.91 Å². The van der Waals surface area contributed by atoms with Gasteiger partial charge in [-0.05, 0) is 38.5 Å². The number of carbonyl (C=O) groups is 2. The molecule has 1 atom stereocenters. The number of hydrogen-bond acceptors (Lipinski definition) is 6. The van der Waals surface area contributed by atoms with Crippen molar-refractivity contribution in [3.8, 4) is 0 Å². The van der Waals surface area contributed by atoms with Crippen molar-refractivity contribution in [1.29, 1.82) is 0 Å². The molecule has 0 radical (unpaired) electrons. The number of piperidine rings is 1. The lowest BCUT2D eigenvalue weighted by atomic mass is 9.86. The molecule has 1 saturated heterocycles. The molecule has 3 rings (SSSR count). The van der Waals surface area contributed by atoms with Crippen molar-refractivity contribution < 1.29 is 19.8 Å². The van der Waals surface area contributed by atoms with Crippen molar-refractivity contribution in [2.24, 2.45) is 5.92 Å². The van der Waals surface area contributed by atoms with Crippen LogP contribution in [-0.4, -0.2) is 74.3 Å². The quantitative estimate of drug-likeness (QED) is 0.660. The summed E-state index contributed by atoms with van der Waals surface area (Å²) in [6.45, 7) is 1.36. The summed E-state index contributed by atoms with van der Waals surface area (Å²) in [6.07, 6.45) is 6.00. The van der Waals surface area contributed by atoms with Crippen molar-refractivity contribution in [1.82, 2.24) is 25.2 Å². The minimum atomic E-state index is -0.366. The Labute approximate surface area is 152 Å². The summed E-state index contributed by atoms with van der Waals surface area (Å²) in [6, 6.07) is 0.00812. The number of aliphatic hydroxyl groups excluding tert-OH is 2. The van der Waals surface area contributed by atoms with E-state index in [0.29, 0.717) is 19.4 Å². The third kappa shape index (κ3) is 4.39. The SMILES string of the molecule is O=C(NCCO)c1cn([C@@H]2CCCN(C(=O)C3CCC(O)CC3)C2)nn1. The summed E-state index contributed by atoms with van der Waals surface area (Å²) in [7, 11) is 0. The number of nitrogens with one attached hydrogen (secondary N) is 1. The standard InChI is InChI=1S/C17H27N5O4/c23-9-7-18-16(25)15-11-22(20-19-15)13-2-1-8-21(10-13)17(26)12-3-5-14(24)6-4-12/h11-14,23-24H,1-10H2,(H,18,25)/t12?,13-,14?/m1/s1. The third-order valence-electron chi connectivity index (χ3n) is 5.27. The number of carbonyl (C=O) groups excluding carboxylic acids is 2. The van der Waals surface area contributed by atoms with Crippen LogP contribution in [0.1, 0.15) is 55.1 Å². The number of hydrogen-bond donors (Lipinski definition) is 3. The van der Waals surface area contributed by atoms with Crippen LogP contribution in [0.2, 0.25) is 0 Å². The summed E-state index contributed by atoms with van der Waals surface area (Å²) < 4.78 is 1.66. The van der Waals surface area contributed by atoms with Gasteiger partial charge in [-0.1, -0.05) is 5.21 Å². The second-order valence-electron chi connectivity index (χ2n) is 7.15. The van der Waals surface area contributed by atoms with Gasteiger partial charge in [0.05, 0.1) is 24.9 Å². The average Bonchev–Trinajstić information content (AvgIpc) is 3.16. The van der Waals surface area contributed by atoms with Crippen LogP contribution in [0.4, 0.5) is 0 Å². The van der Waals surface area contributed by atoms with E-state index in [2.05, 4.69) is 15.6 Å². The van der Waals surface area contributed by atoms with Crippen molar-refractivity contribution in [2.75, 3.05) is 26.2 Å². The van der Waals surface area contributed by atoms with Crippen molar-refractivity contribution in [2.45, 2.75) is 50.7 Å². The molecule has 2 fully saturated rings. The first-order chi connectivity index (χ1) is 12.6. The molecule has 144 valence electrons. The monoisotopic (exact) mass is 365 g/mol. The fourth-order valence-electron chi connectivity index (χ4n) is 3.77. The summed E-state index contributed by atoms with van der Waals surface area (Å²) >= 11 is 0. The molecule has 1 aliphatic carbocycles. The summed E-state index contributed by atoms with van der Waals surface area (Å²) in [4.78, 5) is 26.6. The molecular weight excluding hydrogens is 338 g/mol. The fraction of sp³-hybridized carbons (Fsp3) is 0.765. The first-order valence-electron chi connectivity index (χ1n) is 9.36. The second-order valence-corrected chi connectivity index (χ2v) is 7.15.